The SMILES string of the molecule is Cc1ccc(ON(C)c2ccc(C)cc2)cc1. The van der Waals surface area contributed by atoms with Crippen LogP contribution in [-0.4, -0.2) is 7.05 Å². The Bertz CT molecular complexity index is 473. The van der Waals surface area contributed by atoms with Gasteiger partial charge in [-0.2, -0.15) is 0 Å². The van der Waals surface area contributed by atoms with Gasteiger partial charge in [0.05, 0.1) is 5.69 Å². The number of hydroxylamine groups is 1. The third kappa shape index (κ3) is 3.00. The molecule has 17 heavy (non-hydrogen) atoms. The van der Waals surface area contributed by atoms with Crippen molar-refractivity contribution in [2.45, 2.75) is 13.8 Å². The average molecular weight is 227 g/mol. The molecule has 0 bridgehead atoms. The number of nitrogens with zero attached hydrogens (tertiary/aromatic N) is 1. The number of rotatable bonds is 3. The normalized spacial score (nSPS) is 10.1. The van der Waals surface area contributed by atoms with Crippen LogP contribution in [0.25, 0.3) is 0 Å². The Kier molecular flexibility index (Phi) is 3.33. The van der Waals surface area contributed by atoms with Crippen molar-refractivity contribution in [3.63, 3.8) is 0 Å². The lowest BCUT2D eigenvalue weighted by molar-refractivity contribution is 0.303. The van der Waals surface area contributed by atoms with Crippen molar-refractivity contribution >= 4 is 5.69 Å². The highest BCUT2D eigenvalue weighted by molar-refractivity contribution is 5.45. The first-order valence-electron chi connectivity index (χ1n) is 5.70. The van der Waals surface area contributed by atoms with E-state index in [0.717, 1.165) is 11.4 Å². The third-order valence-corrected chi connectivity index (χ3v) is 2.66. The highest BCUT2D eigenvalue weighted by Gasteiger charge is 2.02. The van der Waals surface area contributed by atoms with Gasteiger partial charge in [-0.15, -0.1) is 0 Å². The standard InChI is InChI=1S/C15H17NO/c1-12-4-8-14(9-5-12)16(3)17-15-10-6-13(2)7-11-15/h4-11H,1-3H3. The van der Waals surface area contributed by atoms with E-state index in [9.17, 15) is 0 Å². The number of hydrogen-bond donors (Lipinski definition) is 0. The van der Waals surface area contributed by atoms with Crippen molar-refractivity contribution in [1.29, 1.82) is 0 Å². The Hall–Kier alpha value is -1.96. The molecule has 2 rings (SSSR count). The van der Waals surface area contributed by atoms with Crippen LogP contribution in [0.5, 0.6) is 5.75 Å². The molecule has 0 aromatic heterocycles. The van der Waals surface area contributed by atoms with E-state index >= 15 is 0 Å². The second-order valence-corrected chi connectivity index (χ2v) is 4.24. The molecule has 0 radical (unpaired) electrons. The van der Waals surface area contributed by atoms with Crippen LogP contribution in [0.3, 0.4) is 0 Å². The van der Waals surface area contributed by atoms with E-state index in [1.54, 1.807) is 5.06 Å². The maximum atomic E-state index is 5.73. The minimum absolute atomic E-state index is 0.846. The molecular weight excluding hydrogens is 210 g/mol. The first kappa shape index (κ1) is 11.5. The zero-order valence-electron chi connectivity index (χ0n) is 10.5. The zero-order valence-corrected chi connectivity index (χ0v) is 10.5. The van der Waals surface area contributed by atoms with Crippen molar-refractivity contribution in [2.24, 2.45) is 0 Å². The van der Waals surface area contributed by atoms with Gasteiger partial charge in [-0.3, -0.25) is 0 Å². The van der Waals surface area contributed by atoms with Crippen molar-refractivity contribution < 1.29 is 4.84 Å². The molecule has 0 unspecified atom stereocenters. The lowest BCUT2D eigenvalue weighted by atomic mass is 10.2. The summed E-state index contributed by atoms with van der Waals surface area (Å²) in [6.07, 6.45) is 0. The highest BCUT2D eigenvalue weighted by Crippen LogP contribution is 2.18. The lowest BCUT2D eigenvalue weighted by Crippen LogP contribution is -2.21. The summed E-state index contributed by atoms with van der Waals surface area (Å²) >= 11 is 0. The summed E-state index contributed by atoms with van der Waals surface area (Å²) in [5.41, 5.74) is 3.52. The van der Waals surface area contributed by atoms with Crippen LogP contribution in [0.4, 0.5) is 5.69 Å². The van der Waals surface area contributed by atoms with Gasteiger partial charge in [0.25, 0.3) is 0 Å². The summed E-state index contributed by atoms with van der Waals surface area (Å²) in [5, 5.41) is 1.77. The van der Waals surface area contributed by atoms with E-state index in [0.29, 0.717) is 0 Å². The van der Waals surface area contributed by atoms with E-state index in [-0.39, 0.29) is 0 Å². The highest BCUT2D eigenvalue weighted by atomic mass is 16.7. The molecule has 2 heteroatoms. The largest absolute Gasteiger partial charge is 0.380 e. The third-order valence-electron chi connectivity index (χ3n) is 2.66. The van der Waals surface area contributed by atoms with Gasteiger partial charge in [-0.05, 0) is 38.1 Å². The molecule has 2 nitrogen and oxygen atoms in total. The predicted molar refractivity (Wildman–Crippen MR) is 71.4 cm³/mol. The summed E-state index contributed by atoms with van der Waals surface area (Å²) in [6.45, 7) is 4.14. The number of hydrogen-bond acceptors (Lipinski definition) is 2. The van der Waals surface area contributed by atoms with E-state index in [1.165, 1.54) is 11.1 Å². The van der Waals surface area contributed by atoms with Crippen LogP contribution >= 0.6 is 0 Å². The predicted octanol–water partition coefficient (Wildman–Crippen LogP) is 3.73. The molecule has 0 aliphatic carbocycles. The molecule has 0 spiro atoms. The zero-order chi connectivity index (χ0) is 12.3. The molecular formula is C15H17NO. The topological polar surface area (TPSA) is 12.5 Å². The summed E-state index contributed by atoms with van der Waals surface area (Å²) < 4.78 is 0. The van der Waals surface area contributed by atoms with Crippen LogP contribution in [-0.2, 0) is 0 Å². The van der Waals surface area contributed by atoms with Gasteiger partial charge >= 0.3 is 0 Å². The fourth-order valence-corrected chi connectivity index (χ4v) is 1.56. The van der Waals surface area contributed by atoms with Crippen LogP contribution in [0.2, 0.25) is 0 Å². The smallest absolute Gasteiger partial charge is 0.155 e. The van der Waals surface area contributed by atoms with Crippen LogP contribution < -0.4 is 9.90 Å². The summed E-state index contributed by atoms with van der Waals surface area (Å²) in [4.78, 5) is 5.73. The van der Waals surface area contributed by atoms with Gasteiger partial charge in [-0.25, -0.2) is 5.06 Å². The molecule has 0 saturated carbocycles. The maximum absolute atomic E-state index is 5.73. The van der Waals surface area contributed by atoms with Crippen molar-refractivity contribution in [3.05, 3.63) is 59.7 Å². The Labute approximate surface area is 102 Å². The molecule has 0 amide bonds. The van der Waals surface area contributed by atoms with Crippen LogP contribution in [0, 0.1) is 13.8 Å². The first-order chi connectivity index (χ1) is 8.15. The molecule has 2 aromatic rings. The summed E-state index contributed by atoms with van der Waals surface area (Å²) in [7, 11) is 1.91. The molecule has 0 fully saturated rings. The van der Waals surface area contributed by atoms with Gasteiger partial charge in [0.2, 0.25) is 0 Å². The average Bonchev–Trinajstić information content (AvgIpc) is 2.33. The quantitative estimate of drug-likeness (QED) is 0.741. The minimum atomic E-state index is 0.846. The van der Waals surface area contributed by atoms with Crippen molar-refractivity contribution in [2.75, 3.05) is 12.1 Å². The van der Waals surface area contributed by atoms with E-state index in [1.807, 2.05) is 43.4 Å². The maximum Gasteiger partial charge on any atom is 0.155 e. The molecule has 0 atom stereocenters. The monoisotopic (exact) mass is 227 g/mol. The Balaban J connectivity index is 2.08. The fourth-order valence-electron chi connectivity index (χ4n) is 1.56. The second kappa shape index (κ2) is 4.91. The molecule has 2 aromatic carbocycles. The number of benzene rings is 2. The Morgan fingerprint density at radius 1 is 0.765 bits per heavy atom. The fraction of sp³-hybridized carbons (Fsp3) is 0.200. The van der Waals surface area contributed by atoms with Crippen LogP contribution in [0.15, 0.2) is 48.5 Å². The van der Waals surface area contributed by atoms with Gasteiger partial charge < -0.3 is 4.84 Å². The molecule has 0 heterocycles. The minimum Gasteiger partial charge on any atom is -0.380 e. The Morgan fingerprint density at radius 2 is 1.24 bits per heavy atom. The molecule has 0 aliphatic rings. The second-order valence-electron chi connectivity index (χ2n) is 4.24. The van der Waals surface area contributed by atoms with Gasteiger partial charge in [0, 0.05) is 7.05 Å². The number of aryl methyl sites for hydroxylation is 2. The summed E-state index contributed by atoms with van der Waals surface area (Å²) in [6, 6.07) is 16.3. The van der Waals surface area contributed by atoms with Crippen molar-refractivity contribution in [1.82, 2.24) is 0 Å². The molecule has 0 aliphatic heterocycles. The van der Waals surface area contributed by atoms with Gasteiger partial charge in [0.15, 0.2) is 5.75 Å². The van der Waals surface area contributed by atoms with Gasteiger partial charge in [-0.1, -0.05) is 35.4 Å². The first-order valence-corrected chi connectivity index (χ1v) is 5.70. The van der Waals surface area contributed by atoms with Crippen LogP contribution in [0.1, 0.15) is 11.1 Å². The number of anilines is 1. The summed E-state index contributed by atoms with van der Waals surface area (Å²) in [5.74, 6) is 0.846. The van der Waals surface area contributed by atoms with E-state index in [4.69, 9.17) is 4.84 Å². The van der Waals surface area contributed by atoms with E-state index < -0.39 is 0 Å². The molecule has 0 saturated heterocycles. The van der Waals surface area contributed by atoms with Crippen molar-refractivity contribution in [3.8, 4) is 5.75 Å². The van der Waals surface area contributed by atoms with E-state index in [2.05, 4.69) is 26.0 Å². The Morgan fingerprint density at radius 3 is 1.76 bits per heavy atom. The lowest BCUT2D eigenvalue weighted by Gasteiger charge is -2.19. The van der Waals surface area contributed by atoms with Gasteiger partial charge in [0.1, 0.15) is 0 Å². The molecule has 0 N–H and O–H groups in total. The molecule has 88 valence electrons.